The molecule has 1 heterocycles. The summed E-state index contributed by atoms with van der Waals surface area (Å²) in [7, 11) is 1.59. The van der Waals surface area contributed by atoms with Gasteiger partial charge in [0.15, 0.2) is 0 Å². The van der Waals surface area contributed by atoms with E-state index in [9.17, 15) is 9.59 Å². The Morgan fingerprint density at radius 2 is 1.96 bits per heavy atom. The Labute approximate surface area is 158 Å². The summed E-state index contributed by atoms with van der Waals surface area (Å²) in [5, 5.41) is 0.920. The number of aryl methyl sites for hydroxylation is 2. The number of nitrogens with zero attached hydrogens (tertiary/aromatic N) is 1. The SMILES string of the molecule is CCN(C(=O)CCc1cc2ccc(OC)cc2[nH]c1=O)c1cccc(C)c1. The molecule has 0 saturated heterocycles. The van der Waals surface area contributed by atoms with Crippen LogP contribution in [-0.4, -0.2) is 24.5 Å². The number of amides is 1. The van der Waals surface area contributed by atoms with Crippen molar-refractivity contribution >= 4 is 22.5 Å². The van der Waals surface area contributed by atoms with Gasteiger partial charge < -0.3 is 14.6 Å². The molecule has 0 bridgehead atoms. The number of H-pyrrole nitrogens is 1. The normalized spacial score (nSPS) is 10.8. The van der Waals surface area contributed by atoms with Gasteiger partial charge in [0.2, 0.25) is 5.91 Å². The van der Waals surface area contributed by atoms with Gasteiger partial charge in [-0.2, -0.15) is 0 Å². The fraction of sp³-hybridized carbons (Fsp3) is 0.273. The van der Waals surface area contributed by atoms with E-state index in [1.807, 2.05) is 56.3 Å². The molecule has 1 aromatic heterocycles. The van der Waals surface area contributed by atoms with Crippen LogP contribution in [0.4, 0.5) is 5.69 Å². The highest BCUT2D eigenvalue weighted by atomic mass is 16.5. The van der Waals surface area contributed by atoms with E-state index in [1.54, 1.807) is 18.1 Å². The molecule has 5 heteroatoms. The molecule has 0 fully saturated rings. The summed E-state index contributed by atoms with van der Waals surface area (Å²) in [5.74, 6) is 0.704. The standard InChI is InChI=1S/C22H24N2O3/c1-4-24(18-7-5-6-15(2)12-18)21(25)11-9-17-13-16-8-10-19(27-3)14-20(16)23-22(17)26/h5-8,10,12-14H,4,9,11H2,1-3H3,(H,23,26). The molecule has 27 heavy (non-hydrogen) atoms. The molecule has 0 radical (unpaired) electrons. The van der Waals surface area contributed by atoms with Crippen molar-refractivity contribution in [3.8, 4) is 5.75 Å². The van der Waals surface area contributed by atoms with E-state index in [2.05, 4.69) is 4.98 Å². The van der Waals surface area contributed by atoms with E-state index < -0.39 is 0 Å². The molecule has 0 atom stereocenters. The topological polar surface area (TPSA) is 62.4 Å². The summed E-state index contributed by atoms with van der Waals surface area (Å²) in [6.07, 6.45) is 0.685. The predicted octanol–water partition coefficient (Wildman–Crippen LogP) is 3.83. The van der Waals surface area contributed by atoms with E-state index >= 15 is 0 Å². The number of benzene rings is 2. The Hall–Kier alpha value is -3.08. The van der Waals surface area contributed by atoms with E-state index in [0.717, 1.165) is 22.2 Å². The van der Waals surface area contributed by atoms with Gasteiger partial charge in [-0.05, 0) is 61.5 Å². The van der Waals surface area contributed by atoms with Crippen LogP contribution in [0, 0.1) is 6.92 Å². The second-order valence-electron chi connectivity index (χ2n) is 6.55. The lowest BCUT2D eigenvalue weighted by Crippen LogP contribution is -2.31. The van der Waals surface area contributed by atoms with Crippen molar-refractivity contribution in [1.82, 2.24) is 4.98 Å². The third-order valence-corrected chi connectivity index (χ3v) is 4.67. The van der Waals surface area contributed by atoms with Gasteiger partial charge in [-0.15, -0.1) is 0 Å². The van der Waals surface area contributed by atoms with Crippen molar-refractivity contribution in [2.75, 3.05) is 18.6 Å². The number of rotatable bonds is 6. The van der Waals surface area contributed by atoms with Gasteiger partial charge >= 0.3 is 0 Å². The molecular weight excluding hydrogens is 340 g/mol. The van der Waals surface area contributed by atoms with Gasteiger partial charge in [0.25, 0.3) is 5.56 Å². The van der Waals surface area contributed by atoms with E-state index in [-0.39, 0.29) is 17.9 Å². The molecule has 0 aliphatic rings. The first-order valence-corrected chi connectivity index (χ1v) is 9.09. The molecule has 0 spiro atoms. The smallest absolute Gasteiger partial charge is 0.251 e. The summed E-state index contributed by atoms with van der Waals surface area (Å²) in [4.78, 5) is 29.7. The average Bonchev–Trinajstić information content (AvgIpc) is 2.66. The largest absolute Gasteiger partial charge is 0.497 e. The number of pyridine rings is 1. The maximum Gasteiger partial charge on any atom is 0.251 e. The number of carbonyl (C=O) groups is 1. The second kappa shape index (κ2) is 8.08. The number of anilines is 1. The minimum Gasteiger partial charge on any atom is -0.497 e. The zero-order valence-electron chi connectivity index (χ0n) is 15.9. The number of nitrogens with one attached hydrogen (secondary N) is 1. The van der Waals surface area contributed by atoms with Crippen LogP contribution in [0.2, 0.25) is 0 Å². The quantitative estimate of drug-likeness (QED) is 0.723. The highest BCUT2D eigenvalue weighted by Gasteiger charge is 2.15. The maximum atomic E-state index is 12.7. The van der Waals surface area contributed by atoms with Gasteiger partial charge in [0, 0.05) is 30.3 Å². The summed E-state index contributed by atoms with van der Waals surface area (Å²) >= 11 is 0. The lowest BCUT2D eigenvalue weighted by atomic mass is 10.1. The fourth-order valence-electron chi connectivity index (χ4n) is 3.21. The molecule has 0 aliphatic heterocycles. The average molecular weight is 364 g/mol. The molecule has 140 valence electrons. The first-order valence-electron chi connectivity index (χ1n) is 9.09. The number of hydrogen-bond donors (Lipinski definition) is 1. The summed E-state index contributed by atoms with van der Waals surface area (Å²) in [6, 6.07) is 15.3. The zero-order valence-corrected chi connectivity index (χ0v) is 15.9. The number of ether oxygens (including phenoxy) is 1. The molecule has 3 aromatic rings. The first kappa shape index (κ1) is 18.7. The van der Waals surface area contributed by atoms with Crippen LogP contribution in [0.25, 0.3) is 10.9 Å². The van der Waals surface area contributed by atoms with Crippen molar-refractivity contribution in [2.45, 2.75) is 26.7 Å². The van der Waals surface area contributed by atoms with Gasteiger partial charge in [-0.1, -0.05) is 12.1 Å². The molecule has 0 saturated carbocycles. The first-order chi connectivity index (χ1) is 13.0. The van der Waals surface area contributed by atoms with Gasteiger partial charge in [-0.3, -0.25) is 9.59 Å². The minimum atomic E-state index is -0.165. The van der Waals surface area contributed by atoms with Gasteiger partial charge in [-0.25, -0.2) is 0 Å². The highest BCUT2D eigenvalue weighted by molar-refractivity contribution is 5.93. The molecule has 3 rings (SSSR count). The Kier molecular flexibility index (Phi) is 5.60. The number of fused-ring (bicyclic) bond motifs is 1. The molecule has 1 N–H and O–H groups in total. The highest BCUT2D eigenvalue weighted by Crippen LogP contribution is 2.20. The van der Waals surface area contributed by atoms with Crippen molar-refractivity contribution in [2.24, 2.45) is 0 Å². The van der Waals surface area contributed by atoms with Crippen molar-refractivity contribution in [3.63, 3.8) is 0 Å². The summed E-state index contributed by atoms with van der Waals surface area (Å²) in [5.41, 5.74) is 3.18. The second-order valence-corrected chi connectivity index (χ2v) is 6.55. The monoisotopic (exact) mass is 364 g/mol. The predicted molar refractivity (Wildman–Crippen MR) is 109 cm³/mol. The summed E-state index contributed by atoms with van der Waals surface area (Å²) < 4.78 is 5.19. The Bertz CT molecular complexity index is 1020. The fourth-order valence-corrected chi connectivity index (χ4v) is 3.21. The van der Waals surface area contributed by atoms with E-state index in [4.69, 9.17) is 4.74 Å². The lowest BCUT2D eigenvalue weighted by Gasteiger charge is -2.21. The van der Waals surface area contributed by atoms with Crippen LogP contribution >= 0.6 is 0 Å². The number of carbonyl (C=O) groups excluding carboxylic acids is 1. The van der Waals surface area contributed by atoms with Gasteiger partial charge in [0.1, 0.15) is 5.75 Å². The number of aromatic amines is 1. The van der Waals surface area contributed by atoms with Crippen molar-refractivity contribution in [3.05, 3.63) is 70.0 Å². The lowest BCUT2D eigenvalue weighted by molar-refractivity contribution is -0.118. The van der Waals surface area contributed by atoms with E-state index in [1.165, 1.54) is 0 Å². The van der Waals surface area contributed by atoms with Crippen LogP contribution in [-0.2, 0) is 11.2 Å². The Balaban J connectivity index is 1.78. The van der Waals surface area contributed by atoms with Crippen LogP contribution < -0.4 is 15.2 Å². The minimum absolute atomic E-state index is 0.0114. The molecule has 5 nitrogen and oxygen atoms in total. The van der Waals surface area contributed by atoms with Crippen LogP contribution in [0.5, 0.6) is 5.75 Å². The Morgan fingerprint density at radius 1 is 1.15 bits per heavy atom. The molecular formula is C22H24N2O3. The molecule has 2 aromatic carbocycles. The zero-order chi connectivity index (χ0) is 19.4. The number of hydrogen-bond acceptors (Lipinski definition) is 3. The van der Waals surface area contributed by atoms with Crippen LogP contribution in [0.3, 0.4) is 0 Å². The van der Waals surface area contributed by atoms with Crippen LogP contribution in [0.15, 0.2) is 53.3 Å². The van der Waals surface area contributed by atoms with Crippen molar-refractivity contribution < 1.29 is 9.53 Å². The third kappa shape index (κ3) is 4.19. The van der Waals surface area contributed by atoms with Crippen LogP contribution in [0.1, 0.15) is 24.5 Å². The van der Waals surface area contributed by atoms with Crippen molar-refractivity contribution in [1.29, 1.82) is 0 Å². The van der Waals surface area contributed by atoms with Gasteiger partial charge in [0.05, 0.1) is 12.6 Å². The number of methoxy groups -OCH3 is 1. The molecule has 1 amide bonds. The van der Waals surface area contributed by atoms with E-state index in [0.29, 0.717) is 24.3 Å². The Morgan fingerprint density at radius 3 is 2.67 bits per heavy atom. The maximum absolute atomic E-state index is 12.7. The third-order valence-electron chi connectivity index (χ3n) is 4.67. The number of aromatic nitrogens is 1. The molecule has 0 unspecified atom stereocenters. The molecule has 0 aliphatic carbocycles. The summed E-state index contributed by atoms with van der Waals surface area (Å²) in [6.45, 7) is 4.55.